The summed E-state index contributed by atoms with van der Waals surface area (Å²) in [5.74, 6) is 0.517. The van der Waals surface area contributed by atoms with Gasteiger partial charge in [0, 0.05) is 5.92 Å². The fourth-order valence-electron chi connectivity index (χ4n) is 3.06. The van der Waals surface area contributed by atoms with E-state index >= 15 is 0 Å². The van der Waals surface area contributed by atoms with Gasteiger partial charge >= 0.3 is 0 Å². The van der Waals surface area contributed by atoms with Gasteiger partial charge in [-0.2, -0.15) is 0 Å². The van der Waals surface area contributed by atoms with Gasteiger partial charge in [0.05, 0.1) is 24.9 Å². The van der Waals surface area contributed by atoms with E-state index in [4.69, 9.17) is 14.2 Å². The zero-order valence-corrected chi connectivity index (χ0v) is 12.7. The van der Waals surface area contributed by atoms with Crippen molar-refractivity contribution in [3.05, 3.63) is 0 Å². The van der Waals surface area contributed by atoms with E-state index in [1.165, 1.54) is 0 Å². The summed E-state index contributed by atoms with van der Waals surface area (Å²) in [6, 6.07) is 0. The van der Waals surface area contributed by atoms with E-state index in [-0.39, 0.29) is 23.9 Å². The molecule has 0 aromatic carbocycles. The van der Waals surface area contributed by atoms with Crippen LogP contribution in [0, 0.1) is 11.3 Å². The predicted molar refractivity (Wildman–Crippen MR) is 71.7 cm³/mol. The van der Waals surface area contributed by atoms with Crippen LogP contribution in [0.25, 0.3) is 0 Å². The van der Waals surface area contributed by atoms with Crippen LogP contribution in [0.3, 0.4) is 0 Å². The molecule has 0 N–H and O–H groups in total. The maximum absolute atomic E-state index is 6.04. The van der Waals surface area contributed by atoms with Gasteiger partial charge < -0.3 is 14.2 Å². The van der Waals surface area contributed by atoms with Gasteiger partial charge in [-0.3, -0.25) is 0 Å². The number of fused-ring (bicyclic) bond motifs is 1. The molecule has 2 heterocycles. The average molecular weight is 256 g/mol. The second-order valence-corrected chi connectivity index (χ2v) is 7.89. The molecule has 2 unspecified atom stereocenters. The van der Waals surface area contributed by atoms with Gasteiger partial charge in [-0.15, -0.1) is 0 Å². The van der Waals surface area contributed by atoms with Crippen LogP contribution in [0.4, 0.5) is 0 Å². The molecule has 0 saturated carbocycles. The minimum absolute atomic E-state index is 0.0972. The molecule has 0 spiro atoms. The molecule has 3 nitrogen and oxygen atoms in total. The molecular formula is C15H28O3. The minimum atomic E-state index is -0.131. The van der Waals surface area contributed by atoms with Crippen LogP contribution in [-0.2, 0) is 14.2 Å². The zero-order chi connectivity index (χ0) is 13.6. The Balaban J connectivity index is 1.95. The lowest BCUT2D eigenvalue weighted by molar-refractivity contribution is -0.103. The lowest BCUT2D eigenvalue weighted by atomic mass is 9.82. The van der Waals surface area contributed by atoms with Crippen LogP contribution >= 0.6 is 0 Å². The van der Waals surface area contributed by atoms with E-state index in [1.807, 2.05) is 0 Å². The maximum Gasteiger partial charge on any atom is 0.112 e. The number of hydrogen-bond acceptors (Lipinski definition) is 3. The molecule has 0 radical (unpaired) electrons. The molecule has 0 aromatic rings. The Morgan fingerprint density at radius 1 is 0.944 bits per heavy atom. The Kier molecular flexibility index (Phi) is 3.79. The highest BCUT2D eigenvalue weighted by molar-refractivity contribution is 4.96. The summed E-state index contributed by atoms with van der Waals surface area (Å²) in [6.07, 6.45) is 1.62. The summed E-state index contributed by atoms with van der Waals surface area (Å²) in [5, 5.41) is 0. The van der Waals surface area contributed by atoms with Crippen molar-refractivity contribution in [2.24, 2.45) is 11.3 Å². The van der Waals surface area contributed by atoms with Gasteiger partial charge in [-0.25, -0.2) is 0 Å². The van der Waals surface area contributed by atoms with E-state index in [1.54, 1.807) is 0 Å². The fourth-order valence-corrected chi connectivity index (χ4v) is 3.06. The fraction of sp³-hybridized carbons (Fsp3) is 1.00. The van der Waals surface area contributed by atoms with Crippen molar-refractivity contribution in [2.45, 2.75) is 71.9 Å². The van der Waals surface area contributed by atoms with Crippen molar-refractivity contribution >= 4 is 0 Å². The quantitative estimate of drug-likeness (QED) is 0.760. The van der Waals surface area contributed by atoms with Crippen LogP contribution in [-0.4, -0.2) is 37.1 Å². The SMILES string of the molecule is CC(C)(C)C[C@@H]1COC2C1OC[C@@H]2OC(C)(C)C. The van der Waals surface area contributed by atoms with Crippen molar-refractivity contribution < 1.29 is 14.2 Å². The number of rotatable bonds is 2. The van der Waals surface area contributed by atoms with Gasteiger partial charge in [-0.1, -0.05) is 20.8 Å². The molecule has 2 fully saturated rings. The summed E-state index contributed by atoms with van der Waals surface area (Å²) in [5.41, 5.74) is 0.198. The predicted octanol–water partition coefficient (Wildman–Crippen LogP) is 3.02. The standard InChI is InChI=1S/C15H28O3/c1-14(2,3)7-10-8-16-13-11(9-17-12(10)13)18-15(4,5)6/h10-13H,7-9H2,1-6H3/t10-,11+,12?,13?/m1/s1. The normalized spacial score (nSPS) is 37.0. The van der Waals surface area contributed by atoms with E-state index < -0.39 is 0 Å². The second-order valence-electron chi connectivity index (χ2n) is 7.89. The highest BCUT2D eigenvalue weighted by Gasteiger charge is 2.49. The van der Waals surface area contributed by atoms with Gasteiger partial charge in [0.25, 0.3) is 0 Å². The summed E-state index contributed by atoms with van der Waals surface area (Å²) in [7, 11) is 0. The molecule has 2 saturated heterocycles. The number of ether oxygens (including phenoxy) is 3. The average Bonchev–Trinajstić information content (AvgIpc) is 2.66. The molecular weight excluding hydrogens is 228 g/mol. The summed E-state index contributed by atoms with van der Waals surface area (Å²) in [6.45, 7) is 14.6. The van der Waals surface area contributed by atoms with Crippen molar-refractivity contribution in [1.29, 1.82) is 0 Å². The van der Waals surface area contributed by atoms with Crippen LogP contribution in [0.1, 0.15) is 48.0 Å². The molecule has 2 rings (SSSR count). The molecule has 2 aliphatic heterocycles. The first kappa shape index (κ1) is 14.3. The minimum Gasteiger partial charge on any atom is -0.372 e. The maximum atomic E-state index is 6.04. The monoisotopic (exact) mass is 256 g/mol. The van der Waals surface area contributed by atoms with Gasteiger partial charge in [-0.05, 0) is 32.6 Å². The van der Waals surface area contributed by atoms with Crippen molar-refractivity contribution in [3.63, 3.8) is 0 Å². The Morgan fingerprint density at radius 3 is 2.11 bits per heavy atom. The smallest absolute Gasteiger partial charge is 0.112 e. The Morgan fingerprint density at radius 2 is 1.56 bits per heavy atom. The van der Waals surface area contributed by atoms with E-state index in [9.17, 15) is 0 Å². The first-order valence-electron chi connectivity index (χ1n) is 7.07. The van der Waals surface area contributed by atoms with Crippen LogP contribution in [0.2, 0.25) is 0 Å². The van der Waals surface area contributed by atoms with Crippen molar-refractivity contribution in [1.82, 2.24) is 0 Å². The first-order valence-corrected chi connectivity index (χ1v) is 7.07. The molecule has 0 aromatic heterocycles. The molecule has 3 heteroatoms. The zero-order valence-electron chi connectivity index (χ0n) is 12.7. The molecule has 0 bridgehead atoms. The Bertz CT molecular complexity index is 257. The Hall–Kier alpha value is -0.120. The van der Waals surface area contributed by atoms with Crippen molar-refractivity contribution in [3.8, 4) is 0 Å². The summed E-state index contributed by atoms with van der Waals surface area (Å²) >= 11 is 0. The molecule has 106 valence electrons. The lowest BCUT2D eigenvalue weighted by Crippen LogP contribution is -2.37. The highest BCUT2D eigenvalue weighted by Crippen LogP contribution is 2.39. The van der Waals surface area contributed by atoms with Crippen LogP contribution in [0.5, 0.6) is 0 Å². The third kappa shape index (κ3) is 3.46. The number of hydrogen-bond donors (Lipinski definition) is 0. The van der Waals surface area contributed by atoms with Gasteiger partial charge in [0.15, 0.2) is 0 Å². The molecule has 4 atom stereocenters. The second kappa shape index (κ2) is 4.77. The largest absolute Gasteiger partial charge is 0.372 e. The highest BCUT2D eigenvalue weighted by atomic mass is 16.6. The van der Waals surface area contributed by atoms with Gasteiger partial charge in [0.1, 0.15) is 12.2 Å². The van der Waals surface area contributed by atoms with Gasteiger partial charge in [0.2, 0.25) is 0 Å². The van der Waals surface area contributed by atoms with E-state index in [2.05, 4.69) is 41.5 Å². The molecule has 18 heavy (non-hydrogen) atoms. The molecule has 0 aliphatic carbocycles. The van der Waals surface area contributed by atoms with Crippen LogP contribution in [0.15, 0.2) is 0 Å². The third-order valence-electron chi connectivity index (χ3n) is 3.49. The molecule has 2 aliphatic rings. The molecule has 0 amide bonds. The first-order chi connectivity index (χ1) is 8.16. The van der Waals surface area contributed by atoms with Crippen LogP contribution < -0.4 is 0 Å². The van der Waals surface area contributed by atoms with E-state index in [0.29, 0.717) is 17.9 Å². The summed E-state index contributed by atoms with van der Waals surface area (Å²) in [4.78, 5) is 0. The van der Waals surface area contributed by atoms with E-state index in [0.717, 1.165) is 13.0 Å². The summed E-state index contributed by atoms with van der Waals surface area (Å²) < 4.78 is 17.9. The topological polar surface area (TPSA) is 27.7 Å². The Labute approximate surface area is 111 Å². The van der Waals surface area contributed by atoms with Crippen molar-refractivity contribution in [2.75, 3.05) is 13.2 Å². The third-order valence-corrected chi connectivity index (χ3v) is 3.49. The lowest BCUT2D eigenvalue weighted by Gasteiger charge is -2.27.